The van der Waals surface area contributed by atoms with Crippen molar-refractivity contribution in [2.24, 2.45) is 11.7 Å². The fraction of sp³-hybridized carbons (Fsp3) is 0.929. The predicted octanol–water partition coefficient (Wildman–Crippen LogP) is 0.962. The van der Waals surface area contributed by atoms with Gasteiger partial charge in [0, 0.05) is 39.3 Å². The molecule has 20 heavy (non-hydrogen) atoms. The number of carbonyl (C=O) groups excluding carboxylic acids is 1. The van der Waals surface area contributed by atoms with Gasteiger partial charge in [-0.25, -0.2) is 0 Å². The predicted molar refractivity (Wildman–Crippen MR) is 84.2 cm³/mol. The Morgan fingerprint density at radius 2 is 1.85 bits per heavy atom. The zero-order valence-electron chi connectivity index (χ0n) is 13.0. The summed E-state index contributed by atoms with van der Waals surface area (Å²) in [6.07, 6.45) is 0.946. The van der Waals surface area contributed by atoms with E-state index in [1.54, 1.807) is 0 Å². The molecule has 0 saturated carbocycles. The van der Waals surface area contributed by atoms with Crippen molar-refractivity contribution in [1.29, 1.82) is 0 Å². The van der Waals surface area contributed by atoms with E-state index in [2.05, 4.69) is 11.8 Å². The number of rotatable bonds is 7. The van der Waals surface area contributed by atoms with Crippen LogP contribution in [0.5, 0.6) is 0 Å². The molecule has 2 atom stereocenters. The number of ether oxygens (including phenoxy) is 1. The molecule has 6 heteroatoms. The van der Waals surface area contributed by atoms with Crippen LogP contribution in [-0.4, -0.2) is 67.7 Å². The summed E-state index contributed by atoms with van der Waals surface area (Å²) in [6.45, 7) is 12.0. The summed E-state index contributed by atoms with van der Waals surface area (Å²) in [5.41, 5.74) is 6.01. The Hall–Kier alpha value is -0.360. The second-order valence-electron chi connectivity index (χ2n) is 5.28. The van der Waals surface area contributed by atoms with E-state index < -0.39 is 0 Å². The Morgan fingerprint density at radius 1 is 1.25 bits per heavy atom. The lowest BCUT2D eigenvalue weighted by Crippen LogP contribution is -2.54. The highest BCUT2D eigenvalue weighted by Gasteiger charge is 2.27. The molecule has 1 amide bonds. The Labute approximate surface area is 129 Å². The number of nitrogens with zero attached hydrogens (tertiary/aromatic N) is 2. The van der Waals surface area contributed by atoms with Crippen molar-refractivity contribution in [3.8, 4) is 0 Å². The highest BCUT2D eigenvalue weighted by Crippen LogP contribution is 2.10. The maximum Gasteiger partial charge on any atom is 0.239 e. The number of nitrogens with two attached hydrogens (primary N) is 1. The van der Waals surface area contributed by atoms with Crippen molar-refractivity contribution in [2.45, 2.75) is 33.2 Å². The number of carbonyl (C=O) groups is 1. The molecule has 0 radical (unpaired) electrons. The fourth-order valence-electron chi connectivity index (χ4n) is 2.24. The van der Waals surface area contributed by atoms with Gasteiger partial charge in [-0.05, 0) is 12.8 Å². The van der Waals surface area contributed by atoms with E-state index in [0.717, 1.165) is 52.4 Å². The van der Waals surface area contributed by atoms with Crippen LogP contribution in [0.4, 0.5) is 0 Å². The molecule has 1 aliphatic rings. The molecule has 0 aromatic carbocycles. The van der Waals surface area contributed by atoms with Gasteiger partial charge in [0.1, 0.15) is 0 Å². The topological polar surface area (TPSA) is 58.8 Å². The summed E-state index contributed by atoms with van der Waals surface area (Å²) in [5.74, 6) is 0.363. The summed E-state index contributed by atoms with van der Waals surface area (Å²) >= 11 is 0. The number of halogens is 1. The van der Waals surface area contributed by atoms with Gasteiger partial charge in [-0.1, -0.05) is 20.3 Å². The third-order valence-corrected chi connectivity index (χ3v) is 3.98. The quantitative estimate of drug-likeness (QED) is 0.712. The minimum absolute atomic E-state index is 0. The van der Waals surface area contributed by atoms with Gasteiger partial charge >= 0.3 is 0 Å². The molecule has 2 N–H and O–H groups in total. The lowest BCUT2D eigenvalue weighted by molar-refractivity contribution is -0.135. The molecular formula is C14H30ClN3O2. The van der Waals surface area contributed by atoms with Crippen LogP contribution < -0.4 is 5.73 Å². The Bertz CT molecular complexity index is 271. The van der Waals surface area contributed by atoms with Crippen molar-refractivity contribution in [3.63, 3.8) is 0 Å². The van der Waals surface area contributed by atoms with Gasteiger partial charge in [0.05, 0.1) is 12.6 Å². The standard InChI is InChI=1S/C14H29N3O2.ClH/c1-4-12(3)13(15)14(18)17-8-6-16(7-9-17)10-11-19-5-2;/h12-13H,4-11,15H2,1-3H3;1H. The molecule has 0 bridgehead atoms. The summed E-state index contributed by atoms with van der Waals surface area (Å²) in [7, 11) is 0. The molecule has 120 valence electrons. The molecule has 0 aliphatic carbocycles. The van der Waals surface area contributed by atoms with Crippen molar-refractivity contribution in [1.82, 2.24) is 9.80 Å². The van der Waals surface area contributed by atoms with Crippen LogP contribution in [0, 0.1) is 5.92 Å². The molecule has 1 saturated heterocycles. The normalized spacial score (nSPS) is 19.3. The van der Waals surface area contributed by atoms with Gasteiger partial charge in [0.25, 0.3) is 0 Å². The van der Waals surface area contributed by atoms with Crippen molar-refractivity contribution in [2.75, 3.05) is 45.9 Å². The van der Waals surface area contributed by atoms with Crippen LogP contribution in [0.25, 0.3) is 0 Å². The molecular weight excluding hydrogens is 278 g/mol. The zero-order chi connectivity index (χ0) is 14.3. The molecule has 0 spiro atoms. The minimum atomic E-state index is -0.347. The van der Waals surface area contributed by atoms with Crippen LogP contribution in [0.15, 0.2) is 0 Å². The van der Waals surface area contributed by atoms with Gasteiger partial charge in [-0.2, -0.15) is 0 Å². The highest BCUT2D eigenvalue weighted by atomic mass is 35.5. The molecule has 1 heterocycles. The van der Waals surface area contributed by atoms with Crippen LogP contribution in [0.3, 0.4) is 0 Å². The van der Waals surface area contributed by atoms with Gasteiger partial charge in [0.15, 0.2) is 0 Å². The molecule has 5 nitrogen and oxygen atoms in total. The summed E-state index contributed by atoms with van der Waals surface area (Å²) in [4.78, 5) is 16.5. The second kappa shape index (κ2) is 10.4. The zero-order valence-corrected chi connectivity index (χ0v) is 13.8. The first-order valence-electron chi connectivity index (χ1n) is 7.44. The largest absolute Gasteiger partial charge is 0.380 e. The monoisotopic (exact) mass is 307 g/mol. The van der Waals surface area contributed by atoms with Gasteiger partial charge < -0.3 is 15.4 Å². The molecule has 0 aromatic rings. The first-order valence-corrected chi connectivity index (χ1v) is 7.44. The van der Waals surface area contributed by atoms with E-state index in [-0.39, 0.29) is 30.3 Å². The molecule has 1 aliphatic heterocycles. The second-order valence-corrected chi connectivity index (χ2v) is 5.28. The van der Waals surface area contributed by atoms with Crippen molar-refractivity contribution >= 4 is 18.3 Å². The number of hydrogen-bond donors (Lipinski definition) is 1. The Kier molecular flexibility index (Phi) is 10.2. The lowest BCUT2D eigenvalue weighted by Gasteiger charge is -2.36. The third kappa shape index (κ3) is 5.95. The van der Waals surface area contributed by atoms with E-state index in [1.807, 2.05) is 18.7 Å². The van der Waals surface area contributed by atoms with Crippen LogP contribution in [0.1, 0.15) is 27.2 Å². The Balaban J connectivity index is 0.00000361. The SMILES string of the molecule is CCOCCN1CCN(C(=O)C(N)C(C)CC)CC1.Cl. The van der Waals surface area contributed by atoms with Crippen LogP contribution in [0.2, 0.25) is 0 Å². The van der Waals surface area contributed by atoms with E-state index in [0.29, 0.717) is 0 Å². The van der Waals surface area contributed by atoms with E-state index in [9.17, 15) is 4.79 Å². The first kappa shape index (κ1) is 19.6. The average molecular weight is 308 g/mol. The maximum atomic E-state index is 12.2. The fourth-order valence-corrected chi connectivity index (χ4v) is 2.24. The summed E-state index contributed by atoms with van der Waals surface area (Å²) < 4.78 is 5.35. The molecule has 1 fully saturated rings. The summed E-state index contributed by atoms with van der Waals surface area (Å²) in [5, 5.41) is 0. The first-order chi connectivity index (χ1) is 9.10. The third-order valence-electron chi connectivity index (χ3n) is 3.98. The molecule has 0 aromatic heterocycles. The van der Waals surface area contributed by atoms with E-state index >= 15 is 0 Å². The van der Waals surface area contributed by atoms with Crippen LogP contribution in [-0.2, 0) is 9.53 Å². The minimum Gasteiger partial charge on any atom is -0.380 e. The lowest BCUT2D eigenvalue weighted by atomic mass is 9.98. The molecule has 2 unspecified atom stereocenters. The van der Waals surface area contributed by atoms with E-state index in [1.165, 1.54) is 0 Å². The number of amides is 1. The number of piperazine rings is 1. The van der Waals surface area contributed by atoms with Crippen molar-refractivity contribution < 1.29 is 9.53 Å². The van der Waals surface area contributed by atoms with Gasteiger partial charge in [-0.3, -0.25) is 9.69 Å². The molecule has 1 rings (SSSR count). The maximum absolute atomic E-state index is 12.2. The highest BCUT2D eigenvalue weighted by molar-refractivity contribution is 5.85. The van der Waals surface area contributed by atoms with Crippen molar-refractivity contribution in [3.05, 3.63) is 0 Å². The average Bonchev–Trinajstić information content (AvgIpc) is 2.46. The Morgan fingerprint density at radius 3 is 2.35 bits per heavy atom. The van der Waals surface area contributed by atoms with Gasteiger partial charge in [-0.15, -0.1) is 12.4 Å². The van der Waals surface area contributed by atoms with Crippen LogP contribution >= 0.6 is 12.4 Å². The van der Waals surface area contributed by atoms with Gasteiger partial charge in [0.2, 0.25) is 5.91 Å². The van der Waals surface area contributed by atoms with E-state index in [4.69, 9.17) is 10.5 Å². The number of hydrogen-bond acceptors (Lipinski definition) is 4. The summed E-state index contributed by atoms with van der Waals surface area (Å²) in [6, 6.07) is -0.347. The smallest absolute Gasteiger partial charge is 0.239 e.